The topological polar surface area (TPSA) is 24.5 Å². The van der Waals surface area contributed by atoms with Gasteiger partial charge in [-0.25, -0.2) is 0 Å². The maximum absolute atomic E-state index is 5.31. The standard InChI is InChI=1S/C16H24N2O/c1-12(14-4-3-5-15(10-14)19-2)17-16-11-18-8-6-13(16)7-9-18/h3-5,10,12-13,16-17H,6-9,11H2,1-2H3/t12-,16?/m1/s1. The van der Waals surface area contributed by atoms with Crippen LogP contribution in [0.25, 0.3) is 0 Å². The zero-order chi connectivity index (χ0) is 13.2. The molecule has 0 aliphatic carbocycles. The van der Waals surface area contributed by atoms with Crippen molar-refractivity contribution < 1.29 is 4.74 Å². The highest BCUT2D eigenvalue weighted by Gasteiger charge is 2.34. The number of benzene rings is 1. The van der Waals surface area contributed by atoms with Gasteiger partial charge in [-0.1, -0.05) is 12.1 Å². The summed E-state index contributed by atoms with van der Waals surface area (Å²) in [6.07, 6.45) is 2.73. The van der Waals surface area contributed by atoms with Crippen LogP contribution in [0.4, 0.5) is 0 Å². The number of piperidine rings is 3. The van der Waals surface area contributed by atoms with Crippen LogP contribution in [0.3, 0.4) is 0 Å². The molecule has 0 amide bonds. The third-order valence-corrected chi connectivity index (χ3v) is 4.71. The third kappa shape index (κ3) is 2.77. The molecule has 2 atom stereocenters. The lowest BCUT2D eigenvalue weighted by Crippen LogP contribution is -2.56. The number of rotatable bonds is 4. The minimum absolute atomic E-state index is 0.389. The van der Waals surface area contributed by atoms with E-state index in [1.807, 2.05) is 6.07 Å². The summed E-state index contributed by atoms with van der Waals surface area (Å²) in [5.74, 6) is 1.82. The van der Waals surface area contributed by atoms with Gasteiger partial charge in [0, 0.05) is 18.6 Å². The van der Waals surface area contributed by atoms with E-state index in [0.29, 0.717) is 12.1 Å². The molecule has 0 saturated carbocycles. The molecule has 2 bridgehead atoms. The minimum atomic E-state index is 0.389. The number of hydrogen-bond donors (Lipinski definition) is 1. The maximum Gasteiger partial charge on any atom is 0.119 e. The first-order valence-corrected chi connectivity index (χ1v) is 7.38. The molecule has 1 aromatic rings. The van der Waals surface area contributed by atoms with Crippen molar-refractivity contribution in [3.8, 4) is 5.75 Å². The SMILES string of the molecule is COc1cccc([C@@H](C)NC2CN3CCC2CC3)c1. The zero-order valence-corrected chi connectivity index (χ0v) is 11.9. The quantitative estimate of drug-likeness (QED) is 0.900. The lowest BCUT2D eigenvalue weighted by molar-refractivity contribution is 0.0680. The van der Waals surface area contributed by atoms with Gasteiger partial charge in [0.2, 0.25) is 0 Å². The number of ether oxygens (including phenoxy) is 1. The Morgan fingerprint density at radius 2 is 2.11 bits per heavy atom. The second-order valence-electron chi connectivity index (χ2n) is 5.91. The van der Waals surface area contributed by atoms with Gasteiger partial charge in [-0.2, -0.15) is 0 Å². The van der Waals surface area contributed by atoms with Crippen LogP contribution in [-0.4, -0.2) is 37.7 Å². The molecule has 0 spiro atoms. The van der Waals surface area contributed by atoms with Gasteiger partial charge in [0.05, 0.1) is 7.11 Å². The van der Waals surface area contributed by atoms with Crippen molar-refractivity contribution in [2.75, 3.05) is 26.7 Å². The fourth-order valence-corrected chi connectivity index (χ4v) is 3.48. The van der Waals surface area contributed by atoms with Crippen LogP contribution in [0.1, 0.15) is 31.4 Å². The van der Waals surface area contributed by atoms with Crippen molar-refractivity contribution in [3.05, 3.63) is 29.8 Å². The maximum atomic E-state index is 5.31. The Kier molecular flexibility index (Phi) is 3.76. The van der Waals surface area contributed by atoms with Gasteiger partial charge in [-0.15, -0.1) is 0 Å². The van der Waals surface area contributed by atoms with Crippen LogP contribution in [0, 0.1) is 5.92 Å². The van der Waals surface area contributed by atoms with Crippen molar-refractivity contribution >= 4 is 0 Å². The van der Waals surface area contributed by atoms with Crippen molar-refractivity contribution in [2.24, 2.45) is 5.92 Å². The van der Waals surface area contributed by atoms with Gasteiger partial charge in [-0.05, 0) is 56.5 Å². The molecule has 1 unspecified atom stereocenters. The van der Waals surface area contributed by atoms with Gasteiger partial charge in [0.25, 0.3) is 0 Å². The fourth-order valence-electron chi connectivity index (χ4n) is 3.48. The number of nitrogens with zero attached hydrogens (tertiary/aromatic N) is 1. The van der Waals surface area contributed by atoms with E-state index in [-0.39, 0.29) is 0 Å². The van der Waals surface area contributed by atoms with Crippen LogP contribution < -0.4 is 10.1 Å². The Morgan fingerprint density at radius 1 is 1.32 bits per heavy atom. The molecule has 3 nitrogen and oxygen atoms in total. The molecule has 19 heavy (non-hydrogen) atoms. The van der Waals surface area contributed by atoms with Gasteiger partial charge < -0.3 is 15.0 Å². The second kappa shape index (κ2) is 5.51. The normalized spacial score (nSPS) is 31.2. The Labute approximate surface area is 115 Å². The van der Waals surface area contributed by atoms with E-state index in [1.54, 1.807) is 7.11 Å². The van der Waals surface area contributed by atoms with Crippen molar-refractivity contribution in [3.63, 3.8) is 0 Å². The van der Waals surface area contributed by atoms with E-state index in [9.17, 15) is 0 Å². The molecule has 3 heteroatoms. The van der Waals surface area contributed by atoms with E-state index in [1.165, 1.54) is 38.0 Å². The van der Waals surface area contributed by atoms with Crippen LogP contribution in [0.2, 0.25) is 0 Å². The zero-order valence-electron chi connectivity index (χ0n) is 11.9. The highest BCUT2D eigenvalue weighted by Crippen LogP contribution is 2.29. The minimum Gasteiger partial charge on any atom is -0.497 e. The van der Waals surface area contributed by atoms with Gasteiger partial charge >= 0.3 is 0 Å². The van der Waals surface area contributed by atoms with Crippen molar-refractivity contribution in [2.45, 2.75) is 31.8 Å². The molecule has 0 aromatic heterocycles. The molecule has 1 aromatic carbocycles. The summed E-state index contributed by atoms with van der Waals surface area (Å²) in [6, 6.07) is 9.44. The second-order valence-corrected chi connectivity index (χ2v) is 5.91. The Bertz CT molecular complexity index is 427. The van der Waals surface area contributed by atoms with Crippen LogP contribution in [0.15, 0.2) is 24.3 Å². The fraction of sp³-hybridized carbons (Fsp3) is 0.625. The highest BCUT2D eigenvalue weighted by molar-refractivity contribution is 5.30. The van der Waals surface area contributed by atoms with E-state index >= 15 is 0 Å². The van der Waals surface area contributed by atoms with Gasteiger partial charge in [0.15, 0.2) is 0 Å². The van der Waals surface area contributed by atoms with E-state index in [4.69, 9.17) is 4.74 Å². The first-order valence-electron chi connectivity index (χ1n) is 7.38. The lowest BCUT2D eigenvalue weighted by atomic mass is 9.83. The number of fused-ring (bicyclic) bond motifs is 3. The Morgan fingerprint density at radius 3 is 2.74 bits per heavy atom. The van der Waals surface area contributed by atoms with Crippen LogP contribution in [-0.2, 0) is 0 Å². The Hall–Kier alpha value is -1.06. The van der Waals surface area contributed by atoms with Crippen LogP contribution >= 0.6 is 0 Å². The summed E-state index contributed by atoms with van der Waals surface area (Å²) < 4.78 is 5.31. The van der Waals surface area contributed by atoms with Gasteiger partial charge in [-0.3, -0.25) is 0 Å². The average molecular weight is 260 g/mol. The predicted molar refractivity (Wildman–Crippen MR) is 77.5 cm³/mol. The first kappa shape index (κ1) is 12.9. The molecule has 1 N–H and O–H groups in total. The van der Waals surface area contributed by atoms with E-state index in [2.05, 4.69) is 35.3 Å². The van der Waals surface area contributed by atoms with E-state index < -0.39 is 0 Å². The Balaban J connectivity index is 1.65. The summed E-state index contributed by atoms with van der Waals surface area (Å²) in [4.78, 5) is 2.59. The third-order valence-electron chi connectivity index (χ3n) is 4.71. The molecular formula is C16H24N2O. The lowest BCUT2D eigenvalue weighted by Gasteiger charge is -2.46. The first-order chi connectivity index (χ1) is 9.26. The average Bonchev–Trinajstić information content (AvgIpc) is 2.48. The highest BCUT2D eigenvalue weighted by atomic mass is 16.5. The van der Waals surface area contributed by atoms with Gasteiger partial charge in [0.1, 0.15) is 5.75 Å². The summed E-state index contributed by atoms with van der Waals surface area (Å²) in [5, 5.41) is 3.82. The number of methoxy groups -OCH3 is 1. The van der Waals surface area contributed by atoms with Crippen molar-refractivity contribution in [1.82, 2.24) is 10.2 Å². The largest absolute Gasteiger partial charge is 0.497 e. The molecule has 0 radical (unpaired) electrons. The van der Waals surface area contributed by atoms with E-state index in [0.717, 1.165) is 11.7 Å². The monoisotopic (exact) mass is 260 g/mol. The molecular weight excluding hydrogens is 236 g/mol. The predicted octanol–water partition coefficient (Wildman–Crippen LogP) is 2.44. The number of nitrogens with one attached hydrogen (secondary N) is 1. The molecule has 3 fully saturated rings. The summed E-state index contributed by atoms with van der Waals surface area (Å²) in [5.41, 5.74) is 1.32. The molecule has 4 rings (SSSR count). The molecule has 3 heterocycles. The summed E-state index contributed by atoms with van der Waals surface area (Å²) in [6.45, 7) is 6.08. The summed E-state index contributed by atoms with van der Waals surface area (Å²) in [7, 11) is 1.73. The molecule has 3 aliphatic heterocycles. The summed E-state index contributed by atoms with van der Waals surface area (Å²) >= 11 is 0. The smallest absolute Gasteiger partial charge is 0.119 e. The number of hydrogen-bond acceptors (Lipinski definition) is 3. The molecule has 3 aliphatic rings. The van der Waals surface area contributed by atoms with Crippen LogP contribution in [0.5, 0.6) is 5.75 Å². The molecule has 3 saturated heterocycles. The molecule has 104 valence electrons. The van der Waals surface area contributed by atoms with Crippen molar-refractivity contribution in [1.29, 1.82) is 0 Å².